The van der Waals surface area contributed by atoms with Crippen molar-refractivity contribution in [3.05, 3.63) is 75.2 Å². The highest BCUT2D eigenvalue weighted by molar-refractivity contribution is 7.15. The molecule has 0 atom stereocenters. The van der Waals surface area contributed by atoms with Gasteiger partial charge in [-0.25, -0.2) is 4.98 Å². The molecule has 1 aliphatic rings. The maximum absolute atomic E-state index is 13.8. The third-order valence-corrected chi connectivity index (χ3v) is 7.41. The van der Waals surface area contributed by atoms with Crippen molar-refractivity contribution in [2.45, 2.75) is 19.5 Å². The second-order valence-electron chi connectivity index (χ2n) is 8.05. The van der Waals surface area contributed by atoms with E-state index in [0.717, 1.165) is 20.9 Å². The molecule has 0 fully saturated rings. The number of alkyl halides is 3. The summed E-state index contributed by atoms with van der Waals surface area (Å²) in [7, 11) is 0. The summed E-state index contributed by atoms with van der Waals surface area (Å²) in [4.78, 5) is 31.9. The van der Waals surface area contributed by atoms with E-state index >= 15 is 0 Å². The van der Waals surface area contributed by atoms with Crippen LogP contribution in [0.3, 0.4) is 0 Å². The van der Waals surface area contributed by atoms with Gasteiger partial charge in [-0.05, 0) is 43.2 Å². The number of nitrogens with zero attached hydrogens (tertiary/aromatic N) is 3. The lowest BCUT2D eigenvalue weighted by Gasteiger charge is -2.25. The van der Waals surface area contributed by atoms with Gasteiger partial charge in [-0.3, -0.25) is 14.0 Å². The standard InChI is InChI=1S/C24H17ClF3N3O3S/c1-13(32)18-2-3-19(35-18)14-4-7-30(8-5-14)23(33)20-21(25)31-11-16(15-6-9-34-12-15)10-17(22(31)29-20)24(26,27)28/h2-4,6,9-12H,5,7-8H2,1H3. The second kappa shape index (κ2) is 8.69. The first-order valence-corrected chi connectivity index (χ1v) is 11.7. The van der Waals surface area contributed by atoms with E-state index in [1.807, 2.05) is 12.1 Å². The predicted molar refractivity (Wildman–Crippen MR) is 126 cm³/mol. The normalized spacial score (nSPS) is 14.4. The molecule has 35 heavy (non-hydrogen) atoms. The molecule has 0 unspecified atom stereocenters. The third-order valence-electron chi connectivity index (χ3n) is 5.79. The number of imidazole rings is 1. The van der Waals surface area contributed by atoms with Gasteiger partial charge in [0, 0.05) is 35.3 Å². The zero-order valence-corrected chi connectivity index (χ0v) is 19.8. The number of furan rings is 1. The molecule has 0 radical (unpaired) electrons. The Morgan fingerprint density at radius 2 is 2.00 bits per heavy atom. The van der Waals surface area contributed by atoms with Gasteiger partial charge in [0.15, 0.2) is 17.1 Å². The number of pyridine rings is 1. The summed E-state index contributed by atoms with van der Waals surface area (Å²) in [6.07, 6.45) is 1.78. The van der Waals surface area contributed by atoms with E-state index in [4.69, 9.17) is 16.0 Å². The molecule has 0 aliphatic carbocycles. The van der Waals surface area contributed by atoms with Gasteiger partial charge >= 0.3 is 6.18 Å². The summed E-state index contributed by atoms with van der Waals surface area (Å²) in [6, 6.07) is 6.14. The Balaban J connectivity index is 1.48. The summed E-state index contributed by atoms with van der Waals surface area (Å²) in [6.45, 7) is 2.10. The van der Waals surface area contributed by atoms with Gasteiger partial charge in [0.25, 0.3) is 5.91 Å². The summed E-state index contributed by atoms with van der Waals surface area (Å²) < 4.78 is 47.6. The number of ketones is 1. The molecule has 6 nitrogen and oxygen atoms in total. The van der Waals surface area contributed by atoms with Crippen molar-refractivity contribution in [3.8, 4) is 11.1 Å². The Kier molecular flexibility index (Phi) is 5.80. The van der Waals surface area contributed by atoms with Gasteiger partial charge in [-0.1, -0.05) is 17.7 Å². The molecule has 0 saturated carbocycles. The van der Waals surface area contributed by atoms with E-state index in [1.165, 1.54) is 47.9 Å². The highest BCUT2D eigenvalue weighted by Gasteiger charge is 2.36. The molecular weight excluding hydrogens is 503 g/mol. The molecule has 1 amide bonds. The Labute approximate surface area is 206 Å². The SMILES string of the molecule is CC(=O)c1ccc(C2=CCN(C(=O)c3nc4c(C(F)(F)F)cc(-c5ccoc5)cn4c3Cl)CC2)s1. The average Bonchev–Trinajstić information content (AvgIpc) is 3.58. The molecule has 180 valence electrons. The first kappa shape index (κ1) is 23.4. The molecule has 0 spiro atoms. The summed E-state index contributed by atoms with van der Waals surface area (Å²) in [5.74, 6) is -0.562. The van der Waals surface area contributed by atoms with Crippen LogP contribution in [0.1, 0.15) is 43.9 Å². The minimum atomic E-state index is -4.71. The lowest BCUT2D eigenvalue weighted by atomic mass is 10.1. The molecule has 0 N–H and O–H groups in total. The zero-order valence-electron chi connectivity index (χ0n) is 18.2. The van der Waals surface area contributed by atoms with E-state index in [0.29, 0.717) is 23.4 Å². The largest absolute Gasteiger partial charge is 0.472 e. The molecule has 0 aromatic carbocycles. The topological polar surface area (TPSA) is 67.8 Å². The van der Waals surface area contributed by atoms with Crippen LogP contribution >= 0.6 is 22.9 Å². The van der Waals surface area contributed by atoms with Crippen molar-refractivity contribution in [1.29, 1.82) is 0 Å². The van der Waals surface area contributed by atoms with Gasteiger partial charge in [-0.15, -0.1) is 11.3 Å². The van der Waals surface area contributed by atoms with E-state index in [9.17, 15) is 22.8 Å². The van der Waals surface area contributed by atoms with Crippen LogP contribution in [0.15, 0.2) is 53.5 Å². The van der Waals surface area contributed by atoms with Crippen LogP contribution in [-0.4, -0.2) is 39.1 Å². The van der Waals surface area contributed by atoms with Crippen LogP contribution in [0.5, 0.6) is 0 Å². The molecule has 5 rings (SSSR count). The van der Waals surface area contributed by atoms with Crippen LogP contribution in [0.4, 0.5) is 13.2 Å². The van der Waals surface area contributed by atoms with Crippen molar-refractivity contribution >= 4 is 45.8 Å². The van der Waals surface area contributed by atoms with Crippen LogP contribution < -0.4 is 0 Å². The van der Waals surface area contributed by atoms with Crippen molar-refractivity contribution in [1.82, 2.24) is 14.3 Å². The molecule has 4 aromatic heterocycles. The van der Waals surface area contributed by atoms with Gasteiger partial charge < -0.3 is 9.32 Å². The number of carbonyl (C=O) groups excluding carboxylic acids is 2. The number of amides is 1. The van der Waals surface area contributed by atoms with Crippen molar-refractivity contribution in [3.63, 3.8) is 0 Å². The number of halogens is 4. The molecule has 0 saturated heterocycles. The Morgan fingerprint density at radius 1 is 1.20 bits per heavy atom. The first-order chi connectivity index (χ1) is 16.6. The minimum Gasteiger partial charge on any atom is -0.472 e. The third kappa shape index (κ3) is 4.28. The van der Waals surface area contributed by atoms with Crippen molar-refractivity contribution in [2.75, 3.05) is 13.1 Å². The number of hydrogen-bond acceptors (Lipinski definition) is 5. The van der Waals surface area contributed by atoms with Crippen molar-refractivity contribution in [2.24, 2.45) is 0 Å². The Morgan fingerprint density at radius 3 is 2.60 bits per heavy atom. The fourth-order valence-corrected chi connectivity index (χ4v) is 5.20. The van der Waals surface area contributed by atoms with Gasteiger partial charge in [0.1, 0.15) is 5.15 Å². The number of hydrogen-bond donors (Lipinski definition) is 0. The molecule has 4 aromatic rings. The maximum Gasteiger partial charge on any atom is 0.420 e. The van der Waals surface area contributed by atoms with Gasteiger partial charge in [0.05, 0.1) is 23.0 Å². The number of thiophene rings is 1. The summed E-state index contributed by atoms with van der Waals surface area (Å²) in [5, 5.41) is -0.194. The van der Waals surface area contributed by atoms with E-state index < -0.39 is 23.3 Å². The van der Waals surface area contributed by atoms with Crippen molar-refractivity contribution < 1.29 is 27.2 Å². The van der Waals surface area contributed by atoms with E-state index in [2.05, 4.69) is 4.98 Å². The maximum atomic E-state index is 13.8. The lowest BCUT2D eigenvalue weighted by Crippen LogP contribution is -2.35. The average molecular weight is 520 g/mol. The van der Waals surface area contributed by atoms with Crippen LogP contribution in [0, 0.1) is 0 Å². The minimum absolute atomic E-state index is 0.00916. The molecule has 11 heteroatoms. The van der Waals surface area contributed by atoms with E-state index in [-0.39, 0.29) is 28.7 Å². The fraction of sp³-hybridized carbons (Fsp3) is 0.208. The summed E-state index contributed by atoms with van der Waals surface area (Å²) >= 11 is 7.79. The van der Waals surface area contributed by atoms with Gasteiger partial charge in [-0.2, -0.15) is 13.2 Å². The van der Waals surface area contributed by atoms with Crippen LogP contribution in [-0.2, 0) is 6.18 Å². The molecule has 0 bridgehead atoms. The Hall–Kier alpha value is -3.37. The van der Waals surface area contributed by atoms with Gasteiger partial charge in [0.2, 0.25) is 0 Å². The number of aromatic nitrogens is 2. The zero-order chi connectivity index (χ0) is 24.9. The summed E-state index contributed by atoms with van der Waals surface area (Å²) in [5.41, 5.74) is -0.0164. The van der Waals surface area contributed by atoms with E-state index in [1.54, 1.807) is 6.07 Å². The highest BCUT2D eigenvalue weighted by Crippen LogP contribution is 2.37. The first-order valence-electron chi connectivity index (χ1n) is 10.5. The molecule has 5 heterocycles. The number of Topliss-reactive ketones (excluding diaryl/α,β-unsaturated/α-hetero) is 1. The van der Waals surface area contributed by atoms with Crippen LogP contribution in [0.25, 0.3) is 22.3 Å². The number of rotatable bonds is 4. The smallest absolute Gasteiger partial charge is 0.420 e. The van der Waals surface area contributed by atoms with Crippen LogP contribution in [0.2, 0.25) is 5.15 Å². The monoisotopic (exact) mass is 519 g/mol. The number of carbonyl (C=O) groups is 2. The lowest BCUT2D eigenvalue weighted by molar-refractivity contribution is -0.136. The molecular formula is C24H17ClF3N3O3S. The second-order valence-corrected chi connectivity index (χ2v) is 9.49. The Bertz CT molecular complexity index is 1480. The number of fused-ring (bicyclic) bond motifs is 1. The molecule has 1 aliphatic heterocycles. The highest BCUT2D eigenvalue weighted by atomic mass is 35.5. The quantitative estimate of drug-likeness (QED) is 0.290. The predicted octanol–water partition coefficient (Wildman–Crippen LogP) is 6.46. The fourth-order valence-electron chi connectivity index (χ4n) is 3.98.